The van der Waals surface area contributed by atoms with Gasteiger partial charge in [-0.05, 0) is 32.4 Å². The van der Waals surface area contributed by atoms with E-state index in [9.17, 15) is 9.59 Å². The zero-order valence-corrected chi connectivity index (χ0v) is 12.7. The van der Waals surface area contributed by atoms with Gasteiger partial charge in [0.2, 0.25) is 0 Å². The molecule has 0 spiro atoms. The molecule has 5 nitrogen and oxygen atoms in total. The van der Waals surface area contributed by atoms with E-state index >= 15 is 0 Å². The van der Waals surface area contributed by atoms with Gasteiger partial charge in [0, 0.05) is 11.3 Å². The Balaban J connectivity index is 2.49. The van der Waals surface area contributed by atoms with Gasteiger partial charge in [-0.2, -0.15) is 11.8 Å². The van der Waals surface area contributed by atoms with Crippen LogP contribution in [0.2, 0.25) is 0 Å². The van der Waals surface area contributed by atoms with Gasteiger partial charge in [0.05, 0.1) is 0 Å². The molecular weight excluding hydrogens is 264 g/mol. The number of hydrogen-bond donors (Lipinski definition) is 3. The molecule has 19 heavy (non-hydrogen) atoms. The number of carbonyl (C=O) groups excluding carboxylic acids is 1. The van der Waals surface area contributed by atoms with Crippen molar-refractivity contribution >= 4 is 23.8 Å². The van der Waals surface area contributed by atoms with Crippen molar-refractivity contribution in [3.63, 3.8) is 0 Å². The normalized spacial score (nSPS) is 20.6. The molecule has 1 aliphatic carbocycles. The second kappa shape index (κ2) is 6.50. The van der Waals surface area contributed by atoms with E-state index in [1.807, 2.05) is 0 Å². The zero-order valence-electron chi connectivity index (χ0n) is 11.9. The van der Waals surface area contributed by atoms with Gasteiger partial charge < -0.3 is 15.7 Å². The molecule has 110 valence electrons. The fourth-order valence-electron chi connectivity index (χ4n) is 2.30. The van der Waals surface area contributed by atoms with Crippen molar-refractivity contribution in [2.24, 2.45) is 0 Å². The molecule has 0 aromatic carbocycles. The van der Waals surface area contributed by atoms with Crippen LogP contribution >= 0.6 is 11.8 Å². The highest BCUT2D eigenvalue weighted by Crippen LogP contribution is 2.39. The summed E-state index contributed by atoms with van der Waals surface area (Å²) < 4.78 is 0.128. The van der Waals surface area contributed by atoms with Crippen LogP contribution in [0.15, 0.2) is 0 Å². The van der Waals surface area contributed by atoms with Crippen molar-refractivity contribution in [3.05, 3.63) is 0 Å². The van der Waals surface area contributed by atoms with Crippen molar-refractivity contribution in [1.29, 1.82) is 0 Å². The third kappa shape index (κ3) is 4.03. The summed E-state index contributed by atoms with van der Waals surface area (Å²) in [5.74, 6) is -1.01. The summed E-state index contributed by atoms with van der Waals surface area (Å²) in [5.41, 5.74) is -1.20. The topological polar surface area (TPSA) is 78.4 Å². The van der Waals surface area contributed by atoms with Crippen LogP contribution in [0.4, 0.5) is 4.79 Å². The number of thioether (sulfide) groups is 1. The lowest BCUT2D eigenvalue weighted by molar-refractivity contribution is -0.143. The van der Waals surface area contributed by atoms with Gasteiger partial charge in [-0.25, -0.2) is 9.59 Å². The number of carboxylic acids is 1. The molecule has 0 radical (unpaired) electrons. The maximum Gasteiger partial charge on any atom is 0.329 e. The monoisotopic (exact) mass is 288 g/mol. The number of carbonyl (C=O) groups is 2. The van der Waals surface area contributed by atoms with E-state index in [4.69, 9.17) is 5.11 Å². The fraction of sp³-hybridized carbons (Fsp3) is 0.846. The highest BCUT2D eigenvalue weighted by molar-refractivity contribution is 8.00. The standard InChI is InChI=1S/C13H24N2O3S/c1-4-12(2,10(16)17)15-11(18)14-9-13(19-3)7-5-6-8-13/h4-9H2,1-3H3,(H,16,17)(H2,14,15,18). The van der Waals surface area contributed by atoms with Crippen molar-refractivity contribution in [3.8, 4) is 0 Å². The van der Waals surface area contributed by atoms with Crippen LogP contribution in [-0.4, -0.2) is 40.2 Å². The zero-order chi connectivity index (χ0) is 14.5. The molecule has 0 aliphatic heterocycles. The van der Waals surface area contributed by atoms with Gasteiger partial charge in [-0.15, -0.1) is 0 Å². The summed E-state index contributed by atoms with van der Waals surface area (Å²) in [5, 5.41) is 14.5. The van der Waals surface area contributed by atoms with Crippen LogP contribution < -0.4 is 10.6 Å². The average Bonchev–Trinajstić information content (AvgIpc) is 2.85. The van der Waals surface area contributed by atoms with Crippen LogP contribution in [0, 0.1) is 0 Å². The largest absolute Gasteiger partial charge is 0.480 e. The number of rotatable bonds is 6. The summed E-state index contributed by atoms with van der Waals surface area (Å²) in [6.45, 7) is 3.86. The number of hydrogen-bond acceptors (Lipinski definition) is 3. The number of amides is 2. The van der Waals surface area contributed by atoms with E-state index in [-0.39, 0.29) is 4.75 Å². The Kier molecular flexibility index (Phi) is 5.52. The second-order valence-electron chi connectivity index (χ2n) is 5.39. The van der Waals surface area contributed by atoms with Crippen LogP contribution in [0.1, 0.15) is 46.0 Å². The summed E-state index contributed by atoms with van der Waals surface area (Å²) in [6, 6.07) is -0.396. The van der Waals surface area contributed by atoms with E-state index in [1.165, 1.54) is 19.8 Å². The van der Waals surface area contributed by atoms with Crippen molar-refractivity contribution in [2.45, 2.75) is 56.2 Å². The maximum atomic E-state index is 11.8. The minimum absolute atomic E-state index is 0.128. The smallest absolute Gasteiger partial charge is 0.329 e. The molecule has 0 heterocycles. The lowest BCUT2D eigenvalue weighted by Crippen LogP contribution is -2.56. The molecule has 1 unspecified atom stereocenters. The molecule has 1 aliphatic rings. The Morgan fingerprint density at radius 3 is 2.37 bits per heavy atom. The third-order valence-corrected chi connectivity index (χ3v) is 5.51. The maximum absolute atomic E-state index is 11.8. The molecule has 1 fully saturated rings. The van der Waals surface area contributed by atoms with Gasteiger partial charge in [-0.3, -0.25) is 0 Å². The van der Waals surface area contributed by atoms with Crippen LogP contribution in [0.3, 0.4) is 0 Å². The van der Waals surface area contributed by atoms with E-state index in [0.29, 0.717) is 13.0 Å². The summed E-state index contributed by atoms with van der Waals surface area (Å²) in [4.78, 5) is 23.0. The van der Waals surface area contributed by atoms with E-state index in [2.05, 4.69) is 16.9 Å². The van der Waals surface area contributed by atoms with E-state index in [1.54, 1.807) is 18.7 Å². The van der Waals surface area contributed by atoms with Gasteiger partial charge in [-0.1, -0.05) is 19.8 Å². The Labute approximate surface area is 118 Å². The first-order valence-electron chi connectivity index (χ1n) is 6.72. The molecule has 0 bridgehead atoms. The molecule has 0 aromatic rings. The molecule has 1 saturated carbocycles. The van der Waals surface area contributed by atoms with Crippen molar-refractivity contribution in [2.75, 3.05) is 12.8 Å². The molecule has 0 saturated heterocycles. The Morgan fingerprint density at radius 1 is 1.37 bits per heavy atom. The van der Waals surface area contributed by atoms with Gasteiger partial charge in [0.25, 0.3) is 0 Å². The predicted molar refractivity (Wildman–Crippen MR) is 77.6 cm³/mol. The molecule has 0 aromatic heterocycles. The van der Waals surface area contributed by atoms with Crippen molar-refractivity contribution < 1.29 is 14.7 Å². The Bertz CT molecular complexity index is 343. The molecule has 1 atom stereocenters. The lowest BCUT2D eigenvalue weighted by Gasteiger charge is -2.29. The number of aliphatic carboxylic acids is 1. The predicted octanol–water partition coefficient (Wildman–Crippen LogP) is 2.21. The fourth-order valence-corrected chi connectivity index (χ4v) is 3.22. The molecular formula is C13H24N2O3S. The first-order valence-corrected chi connectivity index (χ1v) is 7.94. The minimum atomic E-state index is -1.20. The highest BCUT2D eigenvalue weighted by Gasteiger charge is 2.35. The first-order chi connectivity index (χ1) is 8.87. The number of carboxylic acid groups (broad SMARTS) is 1. The van der Waals surface area contributed by atoms with Crippen LogP contribution in [0.5, 0.6) is 0 Å². The molecule has 6 heteroatoms. The van der Waals surface area contributed by atoms with E-state index < -0.39 is 17.5 Å². The summed E-state index contributed by atoms with van der Waals surface area (Å²) in [6.07, 6.45) is 7.04. The van der Waals surface area contributed by atoms with E-state index in [0.717, 1.165) is 12.8 Å². The highest BCUT2D eigenvalue weighted by atomic mass is 32.2. The van der Waals surface area contributed by atoms with Gasteiger partial charge in [0.1, 0.15) is 5.54 Å². The quantitative estimate of drug-likeness (QED) is 0.700. The van der Waals surface area contributed by atoms with Crippen molar-refractivity contribution in [1.82, 2.24) is 10.6 Å². The molecule has 1 rings (SSSR count). The lowest BCUT2D eigenvalue weighted by atomic mass is 10.00. The number of urea groups is 1. The van der Waals surface area contributed by atoms with Crippen LogP contribution in [-0.2, 0) is 4.79 Å². The van der Waals surface area contributed by atoms with Gasteiger partial charge in [0.15, 0.2) is 0 Å². The average molecular weight is 288 g/mol. The third-order valence-electron chi connectivity index (χ3n) is 4.09. The second-order valence-corrected chi connectivity index (χ2v) is 6.67. The Morgan fingerprint density at radius 2 is 1.95 bits per heavy atom. The van der Waals surface area contributed by atoms with Crippen LogP contribution in [0.25, 0.3) is 0 Å². The molecule has 2 amide bonds. The number of nitrogens with one attached hydrogen (secondary N) is 2. The van der Waals surface area contributed by atoms with Gasteiger partial charge >= 0.3 is 12.0 Å². The SMILES string of the molecule is CCC(C)(NC(=O)NCC1(SC)CCCC1)C(=O)O. The molecule has 3 N–H and O–H groups in total. The first kappa shape index (κ1) is 16.1. The minimum Gasteiger partial charge on any atom is -0.480 e. The summed E-state index contributed by atoms with van der Waals surface area (Å²) in [7, 11) is 0. The summed E-state index contributed by atoms with van der Waals surface area (Å²) >= 11 is 1.79. The Hall–Kier alpha value is -0.910.